The highest BCUT2D eigenvalue weighted by atomic mass is 16.1. The molecule has 0 unspecified atom stereocenters. The Morgan fingerprint density at radius 3 is 2.50 bits per heavy atom. The maximum atomic E-state index is 12.0. The van der Waals surface area contributed by atoms with Crippen LogP contribution in [-0.4, -0.2) is 22.2 Å². The molecule has 0 aliphatic heterocycles. The summed E-state index contributed by atoms with van der Waals surface area (Å²) < 4.78 is 1.86. The predicted molar refractivity (Wildman–Crippen MR) is 64.5 cm³/mol. The van der Waals surface area contributed by atoms with E-state index in [1.54, 1.807) is 0 Å². The molecule has 0 atom stereocenters. The fourth-order valence-electron chi connectivity index (χ4n) is 1.72. The molecule has 4 heteroatoms. The second-order valence-electron chi connectivity index (χ2n) is 4.47. The van der Waals surface area contributed by atoms with Crippen LogP contribution in [0.1, 0.15) is 42.5 Å². The van der Waals surface area contributed by atoms with Crippen molar-refractivity contribution >= 4 is 5.91 Å². The fraction of sp³-hybridized carbons (Fsp3) is 0.667. The van der Waals surface area contributed by atoms with Crippen molar-refractivity contribution in [1.29, 1.82) is 0 Å². The third-order valence-electron chi connectivity index (χ3n) is 2.58. The molecule has 0 aromatic carbocycles. The monoisotopic (exact) mass is 223 g/mol. The molecule has 0 fully saturated rings. The van der Waals surface area contributed by atoms with Crippen molar-refractivity contribution in [2.24, 2.45) is 5.92 Å². The number of aromatic nitrogens is 2. The van der Waals surface area contributed by atoms with Crippen LogP contribution in [0, 0.1) is 19.8 Å². The van der Waals surface area contributed by atoms with Crippen molar-refractivity contribution in [2.75, 3.05) is 6.54 Å². The van der Waals surface area contributed by atoms with Gasteiger partial charge in [0.2, 0.25) is 0 Å². The van der Waals surface area contributed by atoms with Crippen LogP contribution in [0.3, 0.4) is 0 Å². The van der Waals surface area contributed by atoms with Gasteiger partial charge in [0.25, 0.3) is 5.91 Å². The maximum absolute atomic E-state index is 12.0. The largest absolute Gasteiger partial charge is 0.352 e. The molecule has 0 aliphatic carbocycles. The van der Waals surface area contributed by atoms with Gasteiger partial charge in [0, 0.05) is 18.8 Å². The highest BCUT2D eigenvalue weighted by Crippen LogP contribution is 2.12. The maximum Gasteiger partial charge on any atom is 0.255 e. The van der Waals surface area contributed by atoms with Gasteiger partial charge >= 0.3 is 0 Å². The number of hydrogen-bond donors (Lipinski definition) is 1. The number of carbonyl (C=O) groups is 1. The lowest BCUT2D eigenvalue weighted by Gasteiger charge is -2.07. The zero-order valence-electron chi connectivity index (χ0n) is 10.8. The van der Waals surface area contributed by atoms with Gasteiger partial charge in [0.15, 0.2) is 0 Å². The van der Waals surface area contributed by atoms with Crippen molar-refractivity contribution in [1.82, 2.24) is 15.1 Å². The van der Waals surface area contributed by atoms with Crippen LogP contribution in [0.15, 0.2) is 0 Å². The van der Waals surface area contributed by atoms with Gasteiger partial charge in [0.05, 0.1) is 11.3 Å². The van der Waals surface area contributed by atoms with Crippen LogP contribution in [0.5, 0.6) is 0 Å². The molecular weight excluding hydrogens is 202 g/mol. The number of nitrogens with zero attached hydrogens (tertiary/aromatic N) is 2. The third-order valence-corrected chi connectivity index (χ3v) is 2.58. The van der Waals surface area contributed by atoms with Crippen LogP contribution in [0.4, 0.5) is 0 Å². The standard InChI is InChI=1S/C12H21N3O/c1-6-15-10(5)11(9(4)14-15)12(16)13-7-8(2)3/h8H,6-7H2,1-5H3,(H,13,16). The highest BCUT2D eigenvalue weighted by Gasteiger charge is 2.17. The van der Waals surface area contributed by atoms with Crippen LogP contribution in [0.25, 0.3) is 0 Å². The molecule has 4 nitrogen and oxygen atoms in total. The van der Waals surface area contributed by atoms with Gasteiger partial charge in [-0.15, -0.1) is 0 Å². The molecule has 0 aliphatic rings. The van der Waals surface area contributed by atoms with E-state index in [0.717, 1.165) is 23.5 Å². The first-order valence-electron chi connectivity index (χ1n) is 5.79. The number of amides is 1. The topological polar surface area (TPSA) is 46.9 Å². The molecule has 1 N–H and O–H groups in total. The number of carbonyl (C=O) groups excluding carboxylic acids is 1. The van der Waals surface area contributed by atoms with Crippen molar-refractivity contribution < 1.29 is 4.79 Å². The van der Waals surface area contributed by atoms with Crippen LogP contribution in [-0.2, 0) is 6.54 Å². The van der Waals surface area contributed by atoms with Gasteiger partial charge in [0.1, 0.15) is 0 Å². The molecule has 0 saturated carbocycles. The van der Waals surface area contributed by atoms with Crippen molar-refractivity contribution in [2.45, 2.75) is 41.2 Å². The molecule has 1 aromatic heterocycles. The van der Waals surface area contributed by atoms with E-state index in [0.29, 0.717) is 12.5 Å². The number of rotatable bonds is 4. The van der Waals surface area contributed by atoms with Crippen molar-refractivity contribution in [3.63, 3.8) is 0 Å². The van der Waals surface area contributed by atoms with E-state index >= 15 is 0 Å². The Morgan fingerprint density at radius 2 is 2.06 bits per heavy atom. The van der Waals surface area contributed by atoms with E-state index in [-0.39, 0.29) is 5.91 Å². The van der Waals surface area contributed by atoms with Gasteiger partial charge in [-0.25, -0.2) is 0 Å². The molecule has 1 aromatic rings. The van der Waals surface area contributed by atoms with E-state index < -0.39 is 0 Å². The molecular formula is C12H21N3O. The van der Waals surface area contributed by atoms with Gasteiger partial charge in [-0.05, 0) is 26.7 Å². The summed E-state index contributed by atoms with van der Waals surface area (Å²) in [6.45, 7) is 11.5. The first-order valence-corrected chi connectivity index (χ1v) is 5.79. The fourth-order valence-corrected chi connectivity index (χ4v) is 1.72. The molecule has 0 bridgehead atoms. The third kappa shape index (κ3) is 2.62. The predicted octanol–water partition coefficient (Wildman–Crippen LogP) is 1.91. The lowest BCUT2D eigenvalue weighted by Crippen LogP contribution is -2.28. The zero-order chi connectivity index (χ0) is 12.3. The minimum atomic E-state index is -0.0107. The Labute approximate surface area is 97.0 Å². The summed E-state index contributed by atoms with van der Waals surface area (Å²) in [5.41, 5.74) is 2.48. The Morgan fingerprint density at radius 1 is 1.44 bits per heavy atom. The molecule has 0 spiro atoms. The van der Waals surface area contributed by atoms with Gasteiger partial charge < -0.3 is 5.32 Å². The Bertz CT molecular complexity index is 380. The van der Waals surface area contributed by atoms with Crippen LogP contribution >= 0.6 is 0 Å². The number of nitrogens with one attached hydrogen (secondary N) is 1. The SMILES string of the molecule is CCn1nc(C)c(C(=O)NCC(C)C)c1C. The summed E-state index contributed by atoms with van der Waals surface area (Å²) in [4.78, 5) is 12.0. The van der Waals surface area contributed by atoms with E-state index in [4.69, 9.17) is 0 Å². The Balaban J connectivity index is 2.86. The van der Waals surface area contributed by atoms with E-state index in [9.17, 15) is 4.79 Å². The molecule has 90 valence electrons. The van der Waals surface area contributed by atoms with Gasteiger partial charge in [-0.1, -0.05) is 13.8 Å². The molecule has 1 heterocycles. The summed E-state index contributed by atoms with van der Waals surface area (Å²) in [5.74, 6) is 0.453. The lowest BCUT2D eigenvalue weighted by atomic mass is 10.1. The zero-order valence-corrected chi connectivity index (χ0v) is 10.8. The number of aryl methyl sites for hydroxylation is 2. The average molecular weight is 223 g/mol. The second kappa shape index (κ2) is 5.14. The Hall–Kier alpha value is -1.32. The minimum Gasteiger partial charge on any atom is -0.352 e. The van der Waals surface area contributed by atoms with E-state index in [1.807, 2.05) is 25.5 Å². The normalized spacial score (nSPS) is 10.9. The van der Waals surface area contributed by atoms with Gasteiger partial charge in [-0.3, -0.25) is 9.48 Å². The minimum absolute atomic E-state index is 0.0107. The van der Waals surface area contributed by atoms with Crippen molar-refractivity contribution in [3.05, 3.63) is 17.0 Å². The molecule has 1 amide bonds. The van der Waals surface area contributed by atoms with E-state index in [1.165, 1.54) is 0 Å². The smallest absolute Gasteiger partial charge is 0.255 e. The van der Waals surface area contributed by atoms with Crippen molar-refractivity contribution in [3.8, 4) is 0 Å². The second-order valence-corrected chi connectivity index (χ2v) is 4.47. The highest BCUT2D eigenvalue weighted by molar-refractivity contribution is 5.96. The van der Waals surface area contributed by atoms with Crippen LogP contribution in [0.2, 0.25) is 0 Å². The lowest BCUT2D eigenvalue weighted by molar-refractivity contribution is 0.0947. The summed E-state index contributed by atoms with van der Waals surface area (Å²) in [5, 5.41) is 7.26. The average Bonchev–Trinajstić information content (AvgIpc) is 2.50. The van der Waals surface area contributed by atoms with Gasteiger partial charge in [-0.2, -0.15) is 5.10 Å². The summed E-state index contributed by atoms with van der Waals surface area (Å²) >= 11 is 0. The number of hydrogen-bond acceptors (Lipinski definition) is 2. The molecule has 0 saturated heterocycles. The quantitative estimate of drug-likeness (QED) is 0.847. The Kier molecular flexibility index (Phi) is 4.10. The molecule has 0 radical (unpaired) electrons. The van der Waals surface area contributed by atoms with Crippen LogP contribution < -0.4 is 5.32 Å². The molecule has 16 heavy (non-hydrogen) atoms. The van der Waals surface area contributed by atoms with E-state index in [2.05, 4.69) is 24.3 Å². The first kappa shape index (κ1) is 12.7. The first-order chi connectivity index (χ1) is 7.47. The summed E-state index contributed by atoms with van der Waals surface area (Å²) in [6.07, 6.45) is 0. The summed E-state index contributed by atoms with van der Waals surface area (Å²) in [7, 11) is 0. The summed E-state index contributed by atoms with van der Waals surface area (Å²) in [6, 6.07) is 0. The molecule has 1 rings (SSSR count).